The van der Waals surface area contributed by atoms with Gasteiger partial charge in [0.15, 0.2) is 0 Å². The van der Waals surface area contributed by atoms with Crippen LogP contribution in [0.5, 0.6) is 0 Å². The predicted molar refractivity (Wildman–Crippen MR) is 59.5 cm³/mol. The van der Waals surface area contributed by atoms with Gasteiger partial charge in [-0.05, 0) is 12.1 Å². The molecule has 0 saturated carbocycles. The normalized spacial score (nSPS) is 20.4. The van der Waals surface area contributed by atoms with Crippen LogP contribution in [-0.2, 0) is 15.0 Å². The molecule has 0 spiro atoms. The minimum atomic E-state index is -4.60. The molecule has 2 rings (SSSR count). The van der Waals surface area contributed by atoms with Gasteiger partial charge in [-0.15, -0.1) is 3.89 Å². The zero-order valence-electron chi connectivity index (χ0n) is 9.21. The van der Waals surface area contributed by atoms with Crippen LogP contribution in [0.2, 0.25) is 0 Å². The molecule has 8 heteroatoms. The Balaban J connectivity index is 2.12. The number of rotatable bonds is 3. The van der Waals surface area contributed by atoms with E-state index in [4.69, 9.17) is 0 Å². The highest BCUT2D eigenvalue weighted by Crippen LogP contribution is 2.25. The van der Waals surface area contributed by atoms with Crippen LogP contribution in [-0.4, -0.2) is 31.6 Å². The number of pyridine rings is 1. The molecule has 0 bridgehead atoms. The van der Waals surface area contributed by atoms with Gasteiger partial charge in [-0.3, -0.25) is 4.79 Å². The van der Waals surface area contributed by atoms with Crippen molar-refractivity contribution in [3.8, 4) is 0 Å². The summed E-state index contributed by atoms with van der Waals surface area (Å²) in [7, 11) is -4.60. The molecular formula is C10H10F2N2O3S. The van der Waals surface area contributed by atoms with Crippen molar-refractivity contribution >= 4 is 21.8 Å². The molecule has 1 unspecified atom stereocenters. The molecule has 1 aliphatic heterocycles. The van der Waals surface area contributed by atoms with E-state index in [1.807, 2.05) is 0 Å². The van der Waals surface area contributed by atoms with Crippen molar-refractivity contribution in [2.75, 3.05) is 17.2 Å². The predicted octanol–water partition coefficient (Wildman–Crippen LogP) is 0.873. The molecule has 0 aliphatic carbocycles. The molecule has 5 nitrogen and oxygen atoms in total. The van der Waals surface area contributed by atoms with Gasteiger partial charge in [0, 0.05) is 18.9 Å². The smallest absolute Gasteiger partial charge is 0.302 e. The minimum Gasteiger partial charge on any atom is -0.311 e. The van der Waals surface area contributed by atoms with Gasteiger partial charge in [-0.1, -0.05) is 0 Å². The third kappa shape index (κ3) is 3.00. The highest BCUT2D eigenvalue weighted by Gasteiger charge is 2.33. The number of hydrogen-bond donors (Lipinski definition) is 0. The molecule has 1 fully saturated rings. The van der Waals surface area contributed by atoms with Crippen molar-refractivity contribution < 1.29 is 21.5 Å². The standard InChI is InChI=1S/C10H10F2N2O3S/c11-9-2-1-8(4-13-9)14-5-7(3-10(14)15)6-18(12,16)17/h1-2,4,7H,3,5-6H2. The van der Waals surface area contributed by atoms with Gasteiger partial charge < -0.3 is 4.90 Å². The minimum absolute atomic E-state index is 0.0411. The van der Waals surface area contributed by atoms with E-state index in [2.05, 4.69) is 4.98 Å². The summed E-state index contributed by atoms with van der Waals surface area (Å²) in [4.78, 5) is 16.3. The van der Waals surface area contributed by atoms with Crippen LogP contribution >= 0.6 is 0 Å². The second-order valence-corrected chi connectivity index (χ2v) is 5.53. The van der Waals surface area contributed by atoms with E-state index in [0.717, 1.165) is 6.07 Å². The van der Waals surface area contributed by atoms with Gasteiger partial charge in [-0.25, -0.2) is 4.98 Å². The zero-order chi connectivity index (χ0) is 13.3. The summed E-state index contributed by atoms with van der Waals surface area (Å²) in [5, 5.41) is 0. The number of hydrogen-bond acceptors (Lipinski definition) is 4. The molecule has 1 amide bonds. The van der Waals surface area contributed by atoms with Gasteiger partial charge >= 0.3 is 10.2 Å². The van der Waals surface area contributed by atoms with Crippen molar-refractivity contribution in [1.29, 1.82) is 0 Å². The Morgan fingerprint density at radius 1 is 1.44 bits per heavy atom. The van der Waals surface area contributed by atoms with E-state index in [0.29, 0.717) is 5.69 Å². The number of carbonyl (C=O) groups excluding carboxylic acids is 1. The summed E-state index contributed by atoms with van der Waals surface area (Å²) in [6.45, 7) is 0.0926. The second-order valence-electron chi connectivity index (χ2n) is 4.12. The Bertz CT molecular complexity index is 559. The van der Waals surface area contributed by atoms with E-state index in [1.54, 1.807) is 0 Å². The molecule has 2 heterocycles. The van der Waals surface area contributed by atoms with Crippen molar-refractivity contribution in [3.63, 3.8) is 0 Å². The highest BCUT2D eigenvalue weighted by atomic mass is 32.3. The molecule has 1 saturated heterocycles. The molecule has 1 aliphatic rings. The Hall–Kier alpha value is -1.57. The van der Waals surface area contributed by atoms with E-state index in [-0.39, 0.29) is 18.9 Å². The first-order valence-corrected chi connectivity index (χ1v) is 6.74. The van der Waals surface area contributed by atoms with Gasteiger partial charge in [0.05, 0.1) is 17.6 Å². The van der Waals surface area contributed by atoms with Crippen molar-refractivity contribution in [1.82, 2.24) is 4.98 Å². The number of amides is 1. The van der Waals surface area contributed by atoms with E-state index in [9.17, 15) is 21.5 Å². The number of carbonyl (C=O) groups is 1. The summed E-state index contributed by atoms with van der Waals surface area (Å²) >= 11 is 0. The van der Waals surface area contributed by atoms with Crippen LogP contribution in [0.3, 0.4) is 0 Å². The Morgan fingerprint density at radius 3 is 2.72 bits per heavy atom. The third-order valence-corrected chi connectivity index (χ3v) is 3.53. The van der Waals surface area contributed by atoms with E-state index < -0.39 is 27.8 Å². The van der Waals surface area contributed by atoms with E-state index >= 15 is 0 Å². The molecule has 1 atom stereocenters. The lowest BCUT2D eigenvalue weighted by Gasteiger charge is -2.15. The topological polar surface area (TPSA) is 67.3 Å². The molecule has 1 aromatic rings. The lowest BCUT2D eigenvalue weighted by atomic mass is 10.1. The fraction of sp³-hybridized carbons (Fsp3) is 0.400. The van der Waals surface area contributed by atoms with Gasteiger partial charge in [-0.2, -0.15) is 12.8 Å². The molecule has 0 radical (unpaired) electrons. The number of anilines is 1. The summed E-state index contributed by atoms with van der Waals surface area (Å²) in [6.07, 6.45) is 1.14. The highest BCUT2D eigenvalue weighted by molar-refractivity contribution is 7.86. The summed E-state index contributed by atoms with van der Waals surface area (Å²) in [5.74, 6) is -2.26. The Kier molecular flexibility index (Phi) is 3.29. The maximum Gasteiger partial charge on any atom is 0.302 e. The average Bonchev–Trinajstić information content (AvgIpc) is 2.58. The van der Waals surface area contributed by atoms with Gasteiger partial charge in [0.25, 0.3) is 0 Å². The first kappa shape index (κ1) is 12.9. The SMILES string of the molecule is O=C1CC(CS(=O)(=O)F)CN1c1ccc(F)nc1. The summed E-state index contributed by atoms with van der Waals surface area (Å²) in [6, 6.07) is 2.47. The number of aromatic nitrogens is 1. The quantitative estimate of drug-likeness (QED) is 0.607. The second kappa shape index (κ2) is 4.60. The maximum atomic E-state index is 12.6. The molecule has 0 N–H and O–H groups in total. The number of halogens is 2. The fourth-order valence-corrected chi connectivity index (χ4v) is 2.74. The van der Waals surface area contributed by atoms with Crippen LogP contribution in [0.1, 0.15) is 6.42 Å². The maximum absolute atomic E-state index is 12.6. The van der Waals surface area contributed by atoms with Crippen LogP contribution in [0.25, 0.3) is 0 Å². The van der Waals surface area contributed by atoms with Crippen LogP contribution in [0.15, 0.2) is 18.3 Å². The van der Waals surface area contributed by atoms with Crippen molar-refractivity contribution in [3.05, 3.63) is 24.3 Å². The van der Waals surface area contributed by atoms with Crippen LogP contribution in [0, 0.1) is 11.9 Å². The Morgan fingerprint density at radius 2 is 2.17 bits per heavy atom. The average molecular weight is 276 g/mol. The van der Waals surface area contributed by atoms with Gasteiger partial charge in [0.2, 0.25) is 11.9 Å². The number of nitrogens with zero attached hydrogens (tertiary/aromatic N) is 2. The zero-order valence-corrected chi connectivity index (χ0v) is 10.0. The lowest BCUT2D eigenvalue weighted by molar-refractivity contribution is -0.117. The molecular weight excluding hydrogens is 266 g/mol. The molecule has 1 aromatic heterocycles. The van der Waals surface area contributed by atoms with Crippen LogP contribution < -0.4 is 4.90 Å². The monoisotopic (exact) mass is 276 g/mol. The van der Waals surface area contributed by atoms with Crippen molar-refractivity contribution in [2.24, 2.45) is 5.92 Å². The fourth-order valence-electron chi connectivity index (χ4n) is 1.95. The molecule has 18 heavy (non-hydrogen) atoms. The summed E-state index contributed by atoms with van der Waals surface area (Å²) in [5.41, 5.74) is 0.375. The largest absolute Gasteiger partial charge is 0.311 e. The third-order valence-electron chi connectivity index (χ3n) is 2.66. The van der Waals surface area contributed by atoms with Gasteiger partial charge in [0.1, 0.15) is 0 Å². The van der Waals surface area contributed by atoms with Crippen molar-refractivity contribution in [2.45, 2.75) is 6.42 Å². The Labute approximate surface area is 103 Å². The van der Waals surface area contributed by atoms with Crippen LogP contribution in [0.4, 0.5) is 14.0 Å². The molecule has 0 aromatic carbocycles. The lowest BCUT2D eigenvalue weighted by Crippen LogP contribution is -2.25. The summed E-state index contributed by atoms with van der Waals surface area (Å²) < 4.78 is 46.2. The first-order chi connectivity index (χ1) is 8.35. The first-order valence-electron chi connectivity index (χ1n) is 5.19. The molecule has 98 valence electrons. The van der Waals surface area contributed by atoms with E-state index in [1.165, 1.54) is 17.2 Å².